The molecule has 1 amide bonds. The fourth-order valence-corrected chi connectivity index (χ4v) is 9.22. The lowest BCUT2D eigenvalue weighted by molar-refractivity contribution is -0.305. The highest BCUT2D eigenvalue weighted by molar-refractivity contribution is 5.80. The number of hydrogen-bond donors (Lipinski definition) is 6. The molecule has 1 heterocycles. The van der Waals surface area contributed by atoms with Crippen molar-refractivity contribution in [2.45, 2.75) is 288 Å². The Bertz CT molecular complexity index is 1760. The maximum atomic E-state index is 13.4. The third-order valence-electron chi connectivity index (χ3n) is 14.3. The van der Waals surface area contributed by atoms with E-state index in [1.807, 2.05) is 66.8 Å². The van der Waals surface area contributed by atoms with Crippen LogP contribution in [0.3, 0.4) is 0 Å². The van der Waals surface area contributed by atoms with Gasteiger partial charge in [0.25, 0.3) is 0 Å². The van der Waals surface area contributed by atoms with Gasteiger partial charge in [0, 0.05) is 6.42 Å². The summed E-state index contributed by atoms with van der Waals surface area (Å²) in [6.45, 7) is 5.58. The summed E-state index contributed by atoms with van der Waals surface area (Å²) < 4.78 is 17.6. The van der Waals surface area contributed by atoms with Gasteiger partial charge in [0.15, 0.2) is 12.4 Å². The number of allylic oxidation sites excluding steroid dienone is 19. The molecule has 80 heavy (non-hydrogen) atoms. The van der Waals surface area contributed by atoms with Crippen molar-refractivity contribution in [2.75, 3.05) is 13.2 Å². The average molecular weight is 1120 g/mol. The Kier molecular flexibility index (Phi) is 51.5. The molecule has 1 aliphatic rings. The predicted molar refractivity (Wildman–Crippen MR) is 333 cm³/mol. The molecule has 11 nitrogen and oxygen atoms in total. The van der Waals surface area contributed by atoms with E-state index in [0.717, 1.165) is 89.9 Å². The Labute approximate surface area is 487 Å². The molecule has 0 radical (unpaired) electrons. The SMILES string of the molecule is CC\C=C/C=C/C=C/C=C\C=C\C=C\CCCCCC(=O)OC1C(OCC(NC(=O)C(O)CCCCCCCCCCC/C=C\C/C=C\C/C=C\CCCCC)C(O)/C=C/CCCCCCCCCCCC)OC(CO)C(O)C1O. The third-order valence-corrected chi connectivity index (χ3v) is 14.3. The van der Waals surface area contributed by atoms with E-state index in [0.29, 0.717) is 12.8 Å². The van der Waals surface area contributed by atoms with E-state index in [-0.39, 0.29) is 19.4 Å². The lowest BCUT2D eigenvalue weighted by atomic mass is 9.99. The number of esters is 1. The molecule has 0 saturated carbocycles. The predicted octanol–water partition coefficient (Wildman–Crippen LogP) is 15.4. The van der Waals surface area contributed by atoms with Crippen molar-refractivity contribution in [1.82, 2.24) is 5.32 Å². The van der Waals surface area contributed by atoms with Gasteiger partial charge < -0.3 is 45.1 Å². The van der Waals surface area contributed by atoms with Gasteiger partial charge in [-0.2, -0.15) is 0 Å². The summed E-state index contributed by atoms with van der Waals surface area (Å²) in [5.41, 5.74) is 0. The zero-order chi connectivity index (χ0) is 58.2. The average Bonchev–Trinajstić information content (AvgIpc) is 3.45. The summed E-state index contributed by atoms with van der Waals surface area (Å²) >= 11 is 0. The van der Waals surface area contributed by atoms with Crippen LogP contribution >= 0.6 is 0 Å². The van der Waals surface area contributed by atoms with E-state index >= 15 is 0 Å². The number of carbonyl (C=O) groups is 2. The van der Waals surface area contributed by atoms with Gasteiger partial charge in [0.05, 0.1) is 25.4 Å². The number of amides is 1. The molecular formula is C69H115NO10. The number of unbranched alkanes of at least 4 members (excludes halogenated alkanes) is 25. The van der Waals surface area contributed by atoms with E-state index in [1.165, 1.54) is 103 Å². The fraction of sp³-hybridized carbons (Fsp3) is 0.681. The van der Waals surface area contributed by atoms with Crippen molar-refractivity contribution >= 4 is 11.9 Å². The first kappa shape index (κ1) is 74.1. The van der Waals surface area contributed by atoms with Crippen LogP contribution in [0.2, 0.25) is 0 Å². The van der Waals surface area contributed by atoms with Gasteiger partial charge in [-0.1, -0.05) is 271 Å². The molecule has 0 spiro atoms. The molecule has 0 bridgehead atoms. The summed E-state index contributed by atoms with van der Waals surface area (Å²) in [6, 6.07) is -1.04. The van der Waals surface area contributed by atoms with Crippen LogP contribution in [-0.4, -0.2) is 99.6 Å². The molecule has 0 aromatic carbocycles. The molecule has 0 aliphatic carbocycles. The molecule has 456 valence electrons. The maximum Gasteiger partial charge on any atom is 0.306 e. The van der Waals surface area contributed by atoms with Gasteiger partial charge >= 0.3 is 5.97 Å². The Hall–Kier alpha value is -3.94. The summed E-state index contributed by atoms with van der Waals surface area (Å²) in [5, 5.41) is 57.0. The van der Waals surface area contributed by atoms with E-state index in [2.05, 4.69) is 74.7 Å². The third kappa shape index (κ3) is 42.8. The highest BCUT2D eigenvalue weighted by atomic mass is 16.7. The number of rotatable bonds is 52. The smallest absolute Gasteiger partial charge is 0.306 e. The highest BCUT2D eigenvalue weighted by Crippen LogP contribution is 2.26. The van der Waals surface area contributed by atoms with Crippen LogP contribution in [0.5, 0.6) is 0 Å². The molecule has 0 aromatic rings. The Morgan fingerprint density at radius 3 is 1.49 bits per heavy atom. The second-order valence-electron chi connectivity index (χ2n) is 21.6. The minimum absolute atomic E-state index is 0.0652. The van der Waals surface area contributed by atoms with Gasteiger partial charge in [-0.25, -0.2) is 0 Å². The zero-order valence-corrected chi connectivity index (χ0v) is 50.4. The number of aliphatic hydroxyl groups is 5. The molecule has 1 fully saturated rings. The van der Waals surface area contributed by atoms with E-state index in [4.69, 9.17) is 14.2 Å². The normalized spacial score (nSPS) is 19.6. The first-order valence-electron chi connectivity index (χ1n) is 31.9. The second-order valence-corrected chi connectivity index (χ2v) is 21.6. The number of hydrogen-bond acceptors (Lipinski definition) is 10. The molecular weight excluding hydrogens is 1000 g/mol. The maximum absolute atomic E-state index is 13.4. The van der Waals surface area contributed by atoms with Gasteiger partial charge in [0.1, 0.15) is 24.4 Å². The van der Waals surface area contributed by atoms with Crippen LogP contribution in [0, 0.1) is 0 Å². The molecule has 11 heteroatoms. The van der Waals surface area contributed by atoms with Crippen molar-refractivity contribution < 1.29 is 49.3 Å². The minimum atomic E-state index is -1.64. The molecule has 1 aliphatic heterocycles. The van der Waals surface area contributed by atoms with Crippen LogP contribution in [0.1, 0.15) is 239 Å². The standard InChI is InChI=1S/C69H115NO10/c1-4-7-10-13-16-19-22-25-27-29-30-31-32-33-35-36-38-41-44-47-50-53-56-62(73)68(77)70-60(61(72)55-52-49-46-43-40-24-21-18-15-12-9-6-3)59-78-69-67(66(76)65(75)63(58-71)79-69)80-64(74)57-54-51-48-45-42-39-37-34-28-26-23-20-17-14-11-8-5-2/h8,11,14,16-17,19-20,23,25-28,30-31,34,37,39,42,52,55,60-63,65-67,69,71-73,75-76H,4-7,9-10,12-13,15,18,21-22,24,29,32-33,35-36,38,40-41,43-51,53-54,56-59H2,1-3H3,(H,70,77)/b11-8-,17-14+,19-16-,23-20+,27-25-,28-26-,31-30-,37-34+,42-39+,55-52+. The van der Waals surface area contributed by atoms with Crippen molar-refractivity contribution in [2.24, 2.45) is 0 Å². The molecule has 8 unspecified atom stereocenters. The molecule has 1 rings (SSSR count). The van der Waals surface area contributed by atoms with Crippen LogP contribution in [0.4, 0.5) is 0 Å². The highest BCUT2D eigenvalue weighted by Gasteiger charge is 2.47. The lowest BCUT2D eigenvalue weighted by Gasteiger charge is -2.41. The summed E-state index contributed by atoms with van der Waals surface area (Å²) in [4.78, 5) is 26.6. The molecule has 0 aromatic heterocycles. The number of ether oxygens (including phenoxy) is 3. The van der Waals surface area contributed by atoms with Gasteiger partial charge in [-0.15, -0.1) is 0 Å². The monoisotopic (exact) mass is 1120 g/mol. The Morgan fingerprint density at radius 1 is 0.512 bits per heavy atom. The Morgan fingerprint density at radius 2 is 0.950 bits per heavy atom. The van der Waals surface area contributed by atoms with Crippen molar-refractivity contribution in [1.29, 1.82) is 0 Å². The summed E-state index contributed by atoms with van der Waals surface area (Å²) in [7, 11) is 0. The summed E-state index contributed by atoms with van der Waals surface area (Å²) in [6.07, 6.45) is 66.6. The molecule has 1 saturated heterocycles. The van der Waals surface area contributed by atoms with Crippen LogP contribution in [0.25, 0.3) is 0 Å². The zero-order valence-electron chi connectivity index (χ0n) is 50.4. The van der Waals surface area contributed by atoms with Crippen molar-refractivity contribution in [3.8, 4) is 0 Å². The largest absolute Gasteiger partial charge is 0.454 e. The van der Waals surface area contributed by atoms with E-state index in [1.54, 1.807) is 6.08 Å². The topological polar surface area (TPSA) is 175 Å². The second kappa shape index (κ2) is 55.6. The van der Waals surface area contributed by atoms with Crippen LogP contribution in [-0.2, 0) is 23.8 Å². The van der Waals surface area contributed by atoms with Crippen LogP contribution in [0.15, 0.2) is 122 Å². The lowest BCUT2D eigenvalue weighted by Crippen LogP contribution is -2.61. The number of aliphatic hydroxyl groups excluding tert-OH is 5. The van der Waals surface area contributed by atoms with Crippen molar-refractivity contribution in [3.05, 3.63) is 122 Å². The first-order chi connectivity index (χ1) is 39.2. The van der Waals surface area contributed by atoms with Gasteiger partial charge in [0.2, 0.25) is 5.91 Å². The number of nitrogens with one attached hydrogen (secondary N) is 1. The van der Waals surface area contributed by atoms with E-state index < -0.39 is 67.4 Å². The number of carbonyl (C=O) groups excluding carboxylic acids is 2. The first-order valence-corrected chi connectivity index (χ1v) is 31.9. The fourth-order valence-electron chi connectivity index (χ4n) is 9.22. The van der Waals surface area contributed by atoms with Crippen molar-refractivity contribution in [3.63, 3.8) is 0 Å². The van der Waals surface area contributed by atoms with Gasteiger partial charge in [-0.3, -0.25) is 9.59 Å². The molecule has 8 atom stereocenters. The molecule has 6 N–H and O–H groups in total. The van der Waals surface area contributed by atoms with E-state index in [9.17, 15) is 35.1 Å². The summed E-state index contributed by atoms with van der Waals surface area (Å²) in [5.74, 6) is -1.25. The van der Waals surface area contributed by atoms with Gasteiger partial charge in [-0.05, 0) is 83.5 Å². The minimum Gasteiger partial charge on any atom is -0.454 e. The van der Waals surface area contributed by atoms with Crippen LogP contribution < -0.4 is 5.32 Å². The Balaban J connectivity index is 2.69. The quantitative estimate of drug-likeness (QED) is 0.0149.